The van der Waals surface area contributed by atoms with Crippen LogP contribution in [-0.4, -0.2) is 40.7 Å². The maximum atomic E-state index is 13.7. The number of nitrogens with one attached hydrogen (secondary N) is 2. The Hall–Kier alpha value is -4.26. The molecule has 3 N–H and O–H groups in total. The SMILES string of the molecule is C/C(=N/NC(=O)C(O)(c1ccccc1)c1ccccc1)c1cccc(NC(=O)C(F)(F)C(F)(F)C(F)(F)F)c1. The molecule has 2 amide bonds. The Bertz CT molecular complexity index is 1320. The molecule has 0 unspecified atom stereocenters. The van der Waals surface area contributed by atoms with Crippen molar-refractivity contribution in [2.75, 3.05) is 5.32 Å². The summed E-state index contributed by atoms with van der Waals surface area (Å²) < 4.78 is 90.8. The van der Waals surface area contributed by atoms with E-state index in [4.69, 9.17) is 0 Å². The predicted octanol–water partition coefficient (Wildman–Crippen LogP) is 5.23. The van der Waals surface area contributed by atoms with Crippen LogP contribution >= 0.6 is 0 Å². The second-order valence-electron chi connectivity index (χ2n) is 8.26. The molecule has 0 saturated carbocycles. The molecule has 3 aromatic carbocycles. The Morgan fingerprint density at radius 3 is 1.74 bits per heavy atom. The number of amides is 2. The van der Waals surface area contributed by atoms with Crippen molar-refractivity contribution >= 4 is 23.2 Å². The number of alkyl halides is 7. The van der Waals surface area contributed by atoms with E-state index < -0.39 is 41.1 Å². The number of hydrogen-bond donors (Lipinski definition) is 3. The van der Waals surface area contributed by atoms with Gasteiger partial charge in [0, 0.05) is 5.69 Å². The van der Waals surface area contributed by atoms with Crippen LogP contribution in [0.2, 0.25) is 0 Å². The Morgan fingerprint density at radius 1 is 0.744 bits per heavy atom. The highest BCUT2D eigenvalue weighted by atomic mass is 19.4. The van der Waals surface area contributed by atoms with Crippen molar-refractivity contribution < 1.29 is 45.4 Å². The summed E-state index contributed by atoms with van der Waals surface area (Å²) in [4.78, 5) is 24.8. The first-order valence-corrected chi connectivity index (χ1v) is 11.0. The average molecular weight is 555 g/mol. The number of carbonyl (C=O) groups is 2. The molecule has 13 heteroatoms. The van der Waals surface area contributed by atoms with Gasteiger partial charge in [0.05, 0.1) is 5.71 Å². The van der Waals surface area contributed by atoms with Crippen molar-refractivity contribution in [1.29, 1.82) is 0 Å². The van der Waals surface area contributed by atoms with Crippen LogP contribution in [0.15, 0.2) is 90.0 Å². The van der Waals surface area contributed by atoms with Crippen LogP contribution in [0.5, 0.6) is 0 Å². The molecule has 0 fully saturated rings. The van der Waals surface area contributed by atoms with E-state index in [-0.39, 0.29) is 22.4 Å². The normalized spacial score (nSPS) is 13.1. The minimum absolute atomic E-state index is 0.00954. The van der Waals surface area contributed by atoms with Gasteiger partial charge in [0.15, 0.2) is 5.60 Å². The van der Waals surface area contributed by atoms with Crippen LogP contribution in [0.4, 0.5) is 36.4 Å². The monoisotopic (exact) mass is 555 g/mol. The molecule has 0 saturated heterocycles. The maximum absolute atomic E-state index is 13.7. The number of hydrazone groups is 1. The molecule has 0 aromatic heterocycles. The lowest BCUT2D eigenvalue weighted by molar-refractivity contribution is -0.343. The topological polar surface area (TPSA) is 90.8 Å². The fourth-order valence-electron chi connectivity index (χ4n) is 3.42. The molecule has 3 aromatic rings. The second kappa shape index (κ2) is 10.8. The largest absolute Gasteiger partial charge is 0.460 e. The minimum atomic E-state index is -6.67. The van der Waals surface area contributed by atoms with Gasteiger partial charge in [-0.15, -0.1) is 0 Å². The van der Waals surface area contributed by atoms with Crippen molar-refractivity contribution in [3.8, 4) is 0 Å². The van der Waals surface area contributed by atoms with Gasteiger partial charge in [-0.25, -0.2) is 5.43 Å². The fraction of sp³-hybridized carbons (Fsp3) is 0.192. The van der Waals surface area contributed by atoms with Crippen LogP contribution in [0.3, 0.4) is 0 Å². The van der Waals surface area contributed by atoms with Gasteiger partial charge in [0.2, 0.25) is 0 Å². The summed E-state index contributed by atoms with van der Waals surface area (Å²) in [6.45, 7) is 1.34. The fourth-order valence-corrected chi connectivity index (χ4v) is 3.42. The van der Waals surface area contributed by atoms with Gasteiger partial charge in [-0.3, -0.25) is 9.59 Å². The average Bonchev–Trinajstić information content (AvgIpc) is 2.91. The van der Waals surface area contributed by atoms with Gasteiger partial charge in [0.1, 0.15) is 0 Å². The minimum Gasteiger partial charge on any atom is -0.372 e. The predicted molar refractivity (Wildman–Crippen MR) is 127 cm³/mol. The molecule has 0 aliphatic rings. The molecule has 0 radical (unpaired) electrons. The van der Waals surface area contributed by atoms with Gasteiger partial charge in [-0.1, -0.05) is 72.8 Å². The van der Waals surface area contributed by atoms with Crippen molar-refractivity contribution in [1.82, 2.24) is 5.43 Å². The van der Waals surface area contributed by atoms with E-state index >= 15 is 0 Å². The zero-order chi connectivity index (χ0) is 29.1. The second-order valence-corrected chi connectivity index (χ2v) is 8.26. The number of rotatable bonds is 8. The highest BCUT2D eigenvalue weighted by Gasteiger charge is 2.76. The third kappa shape index (κ3) is 5.77. The number of hydrogen-bond acceptors (Lipinski definition) is 4. The Labute approximate surface area is 217 Å². The molecule has 0 aliphatic carbocycles. The number of carbonyl (C=O) groups excluding carboxylic acids is 2. The van der Waals surface area contributed by atoms with Gasteiger partial charge in [0.25, 0.3) is 5.91 Å². The quantitative estimate of drug-likeness (QED) is 0.202. The van der Waals surface area contributed by atoms with E-state index in [0.29, 0.717) is 0 Å². The zero-order valence-corrected chi connectivity index (χ0v) is 19.9. The molecule has 39 heavy (non-hydrogen) atoms. The lowest BCUT2D eigenvalue weighted by Gasteiger charge is -2.27. The first kappa shape index (κ1) is 29.3. The lowest BCUT2D eigenvalue weighted by Crippen LogP contribution is -2.57. The van der Waals surface area contributed by atoms with Crippen LogP contribution < -0.4 is 10.7 Å². The summed E-state index contributed by atoms with van der Waals surface area (Å²) in [5.74, 6) is -16.5. The summed E-state index contributed by atoms with van der Waals surface area (Å²) in [7, 11) is 0. The van der Waals surface area contributed by atoms with E-state index in [1.165, 1.54) is 48.6 Å². The molecule has 6 nitrogen and oxygen atoms in total. The number of nitrogens with zero attached hydrogens (tertiary/aromatic N) is 1. The highest BCUT2D eigenvalue weighted by molar-refractivity contribution is 6.02. The Kier molecular flexibility index (Phi) is 8.15. The van der Waals surface area contributed by atoms with Crippen LogP contribution in [0, 0.1) is 0 Å². The molecular formula is C26H20F7N3O3. The van der Waals surface area contributed by atoms with Crippen molar-refractivity contribution in [2.45, 2.75) is 30.5 Å². The molecule has 0 heterocycles. The zero-order valence-electron chi connectivity index (χ0n) is 19.9. The van der Waals surface area contributed by atoms with E-state index in [2.05, 4.69) is 10.5 Å². The maximum Gasteiger partial charge on any atom is 0.460 e. The Morgan fingerprint density at radius 2 is 1.26 bits per heavy atom. The smallest absolute Gasteiger partial charge is 0.372 e. The number of anilines is 1. The Balaban J connectivity index is 1.83. The van der Waals surface area contributed by atoms with Gasteiger partial charge >= 0.3 is 23.9 Å². The van der Waals surface area contributed by atoms with E-state index in [1.54, 1.807) is 36.4 Å². The van der Waals surface area contributed by atoms with E-state index in [9.17, 15) is 45.4 Å². The number of halogens is 7. The molecular weight excluding hydrogens is 535 g/mol. The van der Waals surface area contributed by atoms with E-state index in [1.807, 2.05) is 0 Å². The number of benzene rings is 3. The van der Waals surface area contributed by atoms with Crippen LogP contribution in [0.25, 0.3) is 0 Å². The van der Waals surface area contributed by atoms with E-state index in [0.717, 1.165) is 12.1 Å². The first-order chi connectivity index (χ1) is 18.1. The van der Waals surface area contributed by atoms with Crippen LogP contribution in [-0.2, 0) is 15.2 Å². The summed E-state index contributed by atoms with van der Waals surface area (Å²) in [6, 6.07) is 20.3. The molecule has 0 bridgehead atoms. The summed E-state index contributed by atoms with van der Waals surface area (Å²) >= 11 is 0. The first-order valence-electron chi connectivity index (χ1n) is 11.0. The lowest BCUT2D eigenvalue weighted by atomic mass is 9.85. The van der Waals surface area contributed by atoms with Crippen molar-refractivity contribution in [2.24, 2.45) is 5.10 Å². The highest BCUT2D eigenvalue weighted by Crippen LogP contribution is 2.46. The molecule has 0 atom stereocenters. The molecule has 0 aliphatic heterocycles. The van der Waals surface area contributed by atoms with Crippen molar-refractivity contribution in [3.63, 3.8) is 0 Å². The van der Waals surface area contributed by atoms with Gasteiger partial charge in [-0.2, -0.15) is 35.8 Å². The summed E-state index contributed by atoms with van der Waals surface area (Å²) in [5, 5.41) is 16.6. The third-order valence-electron chi connectivity index (χ3n) is 5.61. The standard InChI is InChI=1S/C26H20F7N3O3/c1-16(17-9-8-14-20(15-17)34-22(38)24(27,28)25(29,30)26(31,32)33)35-36-21(37)23(39,18-10-4-2-5-11-18)19-12-6-3-7-13-19/h2-15,39H,1H3,(H,34,38)(H,36,37)/b35-16-. The summed E-state index contributed by atoms with van der Waals surface area (Å²) in [6.07, 6.45) is -6.67. The molecule has 206 valence electrons. The van der Waals surface area contributed by atoms with Gasteiger partial charge < -0.3 is 10.4 Å². The van der Waals surface area contributed by atoms with Crippen molar-refractivity contribution in [3.05, 3.63) is 102 Å². The molecule has 3 rings (SSSR count). The molecule has 0 spiro atoms. The summed E-state index contributed by atoms with van der Waals surface area (Å²) in [5.41, 5.74) is 0.0277. The van der Waals surface area contributed by atoms with Gasteiger partial charge in [-0.05, 0) is 35.7 Å². The van der Waals surface area contributed by atoms with Crippen LogP contribution in [0.1, 0.15) is 23.6 Å². The third-order valence-corrected chi connectivity index (χ3v) is 5.61. The number of aliphatic hydroxyl groups is 1.